The number of ether oxygens (including phenoxy) is 3. The van der Waals surface area contributed by atoms with E-state index in [0.717, 1.165) is 17.9 Å². The van der Waals surface area contributed by atoms with Crippen molar-refractivity contribution in [2.45, 2.75) is 27.3 Å². The van der Waals surface area contributed by atoms with Crippen LogP contribution in [0.15, 0.2) is 24.3 Å². The minimum Gasteiger partial charge on any atom is -0.493 e. The summed E-state index contributed by atoms with van der Waals surface area (Å²) in [5.74, 6) is 0.0101. The second kappa shape index (κ2) is 9.46. The molecule has 2 aromatic rings. The molecule has 150 valence electrons. The Labute approximate surface area is 169 Å². The average Bonchev–Trinajstić information content (AvgIpc) is 2.97. The number of rotatable bonds is 8. The number of hydrogen-bond acceptors (Lipinski definition) is 5. The van der Waals surface area contributed by atoms with Gasteiger partial charge in [0.1, 0.15) is 0 Å². The van der Waals surface area contributed by atoms with Crippen LogP contribution in [0.1, 0.15) is 34.2 Å². The van der Waals surface area contributed by atoms with Crippen molar-refractivity contribution in [2.24, 2.45) is 0 Å². The number of ketones is 1. The molecule has 0 N–H and O–H groups in total. The highest BCUT2D eigenvalue weighted by Crippen LogP contribution is 2.36. The lowest BCUT2D eigenvalue weighted by atomic mass is 10.1. The van der Waals surface area contributed by atoms with Crippen molar-refractivity contribution in [3.05, 3.63) is 51.8 Å². The predicted molar refractivity (Wildman–Crippen MR) is 108 cm³/mol. The second-order valence-electron chi connectivity index (χ2n) is 6.13. The van der Waals surface area contributed by atoms with E-state index in [1.54, 1.807) is 12.1 Å². The van der Waals surface area contributed by atoms with E-state index >= 15 is 0 Å². The van der Waals surface area contributed by atoms with Gasteiger partial charge in [-0.3, -0.25) is 4.79 Å². The summed E-state index contributed by atoms with van der Waals surface area (Å²) in [6.45, 7) is 6.30. The van der Waals surface area contributed by atoms with Gasteiger partial charge >= 0.3 is 5.97 Å². The van der Waals surface area contributed by atoms with Crippen LogP contribution in [0.5, 0.6) is 11.5 Å². The monoisotopic (exact) mass is 405 g/mol. The van der Waals surface area contributed by atoms with Gasteiger partial charge in [-0.05, 0) is 50.6 Å². The van der Waals surface area contributed by atoms with Crippen LogP contribution >= 0.6 is 11.6 Å². The molecule has 6 nitrogen and oxygen atoms in total. The quantitative estimate of drug-likeness (QED) is 0.373. The number of benzene rings is 1. The lowest BCUT2D eigenvalue weighted by Gasteiger charge is -2.10. The zero-order valence-electron chi connectivity index (χ0n) is 16.7. The van der Waals surface area contributed by atoms with Crippen molar-refractivity contribution in [3.8, 4) is 11.5 Å². The van der Waals surface area contributed by atoms with Gasteiger partial charge in [-0.15, -0.1) is 0 Å². The van der Waals surface area contributed by atoms with Crippen molar-refractivity contribution in [1.82, 2.24) is 4.57 Å². The van der Waals surface area contributed by atoms with Crippen LogP contribution in [0.4, 0.5) is 0 Å². The Morgan fingerprint density at radius 2 is 1.86 bits per heavy atom. The molecule has 2 rings (SSSR count). The summed E-state index contributed by atoms with van der Waals surface area (Å²) in [4.78, 5) is 24.3. The second-order valence-corrected chi connectivity index (χ2v) is 6.54. The highest BCUT2D eigenvalue weighted by molar-refractivity contribution is 6.32. The number of nitrogens with zero attached hydrogens (tertiary/aromatic N) is 1. The Bertz CT molecular complexity index is 914. The van der Waals surface area contributed by atoms with Crippen molar-refractivity contribution in [2.75, 3.05) is 20.8 Å². The Balaban J connectivity index is 2.03. The third-order valence-electron chi connectivity index (χ3n) is 4.40. The minimum atomic E-state index is -0.622. The molecule has 0 saturated heterocycles. The van der Waals surface area contributed by atoms with Crippen LogP contribution in [0.3, 0.4) is 0 Å². The molecule has 0 aliphatic carbocycles. The molecule has 0 saturated carbocycles. The molecule has 0 bridgehead atoms. The number of hydrogen-bond donors (Lipinski definition) is 0. The predicted octanol–water partition coefficient (Wildman–Crippen LogP) is 4.23. The first-order valence-corrected chi connectivity index (χ1v) is 9.16. The summed E-state index contributed by atoms with van der Waals surface area (Å²) in [5.41, 5.74) is 3.08. The van der Waals surface area contributed by atoms with Crippen LogP contribution in [0.25, 0.3) is 6.08 Å². The third-order valence-corrected chi connectivity index (χ3v) is 4.68. The SMILES string of the molecule is CCn1c(C)cc(C(=O)COC(=O)C=Cc2cc(Cl)c(OC)c(OC)c2)c1C. The topological polar surface area (TPSA) is 66.8 Å². The van der Waals surface area contributed by atoms with Crippen LogP contribution in [0, 0.1) is 13.8 Å². The van der Waals surface area contributed by atoms with Gasteiger partial charge in [0.2, 0.25) is 5.78 Å². The Kier molecular flexibility index (Phi) is 7.29. The molecule has 0 spiro atoms. The maximum Gasteiger partial charge on any atom is 0.331 e. The molecule has 1 aromatic heterocycles. The smallest absolute Gasteiger partial charge is 0.331 e. The molecule has 0 radical (unpaired) electrons. The van der Waals surface area contributed by atoms with Crippen molar-refractivity contribution >= 4 is 29.4 Å². The van der Waals surface area contributed by atoms with Gasteiger partial charge in [0.05, 0.1) is 19.2 Å². The summed E-state index contributed by atoms with van der Waals surface area (Å²) in [7, 11) is 2.99. The Hall–Kier alpha value is -2.73. The first-order chi connectivity index (χ1) is 13.3. The molecule has 1 aromatic carbocycles. The first-order valence-electron chi connectivity index (χ1n) is 8.78. The minimum absolute atomic E-state index is 0.233. The van der Waals surface area contributed by atoms with Crippen molar-refractivity contribution in [3.63, 3.8) is 0 Å². The molecule has 0 fully saturated rings. The van der Waals surface area contributed by atoms with E-state index in [1.807, 2.05) is 31.4 Å². The summed E-state index contributed by atoms with van der Waals surface area (Å²) >= 11 is 6.14. The van der Waals surface area contributed by atoms with E-state index < -0.39 is 5.97 Å². The summed E-state index contributed by atoms with van der Waals surface area (Å²) in [5, 5.41) is 0.358. The maximum atomic E-state index is 12.4. The number of aromatic nitrogens is 1. The van der Waals surface area contributed by atoms with E-state index in [-0.39, 0.29) is 12.4 Å². The number of Topliss-reactive ketones (excluding diaryl/α,β-unsaturated/α-hetero) is 1. The number of halogens is 1. The number of methoxy groups -OCH3 is 2. The van der Waals surface area contributed by atoms with Crippen LogP contribution < -0.4 is 9.47 Å². The third kappa shape index (κ3) is 4.75. The van der Waals surface area contributed by atoms with Crippen LogP contribution in [-0.4, -0.2) is 37.1 Å². The highest BCUT2D eigenvalue weighted by Gasteiger charge is 2.16. The zero-order chi connectivity index (χ0) is 20.8. The number of aryl methyl sites for hydroxylation is 1. The normalized spacial score (nSPS) is 10.9. The van der Waals surface area contributed by atoms with Gasteiger partial charge in [0.25, 0.3) is 0 Å². The summed E-state index contributed by atoms with van der Waals surface area (Å²) in [6, 6.07) is 5.13. The van der Waals surface area contributed by atoms with Crippen molar-refractivity contribution in [1.29, 1.82) is 0 Å². The van der Waals surface area contributed by atoms with Gasteiger partial charge in [0.15, 0.2) is 18.1 Å². The molecular formula is C21H24ClNO5. The zero-order valence-corrected chi connectivity index (χ0v) is 17.4. The van der Waals surface area contributed by atoms with Crippen LogP contribution in [-0.2, 0) is 16.1 Å². The molecular weight excluding hydrogens is 382 g/mol. The molecule has 28 heavy (non-hydrogen) atoms. The Morgan fingerprint density at radius 1 is 1.14 bits per heavy atom. The lowest BCUT2D eigenvalue weighted by molar-refractivity contribution is -0.136. The van der Waals surface area contributed by atoms with Gasteiger partial charge in [0, 0.05) is 29.6 Å². The Morgan fingerprint density at radius 3 is 2.43 bits per heavy atom. The highest BCUT2D eigenvalue weighted by atomic mass is 35.5. The molecule has 0 atom stereocenters. The number of carbonyl (C=O) groups excluding carboxylic acids is 2. The van der Waals surface area contributed by atoms with Gasteiger partial charge in [-0.1, -0.05) is 11.6 Å². The van der Waals surface area contributed by atoms with Crippen molar-refractivity contribution < 1.29 is 23.8 Å². The molecule has 1 heterocycles. The van der Waals surface area contributed by atoms with E-state index in [0.29, 0.717) is 27.6 Å². The van der Waals surface area contributed by atoms with E-state index in [1.165, 1.54) is 26.4 Å². The van der Waals surface area contributed by atoms with Gasteiger partial charge < -0.3 is 18.8 Å². The number of esters is 1. The molecule has 0 aliphatic rings. The molecule has 0 unspecified atom stereocenters. The lowest BCUT2D eigenvalue weighted by Crippen LogP contribution is -2.13. The fraction of sp³-hybridized carbons (Fsp3) is 0.333. The van der Waals surface area contributed by atoms with E-state index in [4.69, 9.17) is 25.8 Å². The summed E-state index contributed by atoms with van der Waals surface area (Å²) < 4.78 is 17.5. The molecule has 0 amide bonds. The first kappa shape index (κ1) is 21.6. The van der Waals surface area contributed by atoms with Gasteiger partial charge in [-0.25, -0.2) is 4.79 Å². The molecule has 0 aliphatic heterocycles. The average molecular weight is 406 g/mol. The molecule has 7 heteroatoms. The number of carbonyl (C=O) groups is 2. The van der Waals surface area contributed by atoms with Gasteiger partial charge in [-0.2, -0.15) is 0 Å². The van der Waals surface area contributed by atoms with Crippen LogP contribution in [0.2, 0.25) is 5.02 Å². The fourth-order valence-corrected chi connectivity index (χ4v) is 3.33. The largest absolute Gasteiger partial charge is 0.493 e. The van der Waals surface area contributed by atoms with E-state index in [9.17, 15) is 9.59 Å². The maximum absolute atomic E-state index is 12.4. The van der Waals surface area contributed by atoms with E-state index in [2.05, 4.69) is 0 Å². The summed E-state index contributed by atoms with van der Waals surface area (Å²) in [6.07, 6.45) is 2.77. The standard InChI is InChI=1S/C21H24ClNO5/c1-6-23-13(2)9-16(14(23)3)18(24)12-28-20(25)8-7-15-10-17(22)21(27-5)19(11-15)26-4/h7-11H,6,12H2,1-5H3. The fourth-order valence-electron chi connectivity index (χ4n) is 3.03.